The summed E-state index contributed by atoms with van der Waals surface area (Å²) in [5.41, 5.74) is 5.48. The fourth-order valence-electron chi connectivity index (χ4n) is 3.38. The number of hydrogen-bond acceptors (Lipinski definition) is 5. The maximum Gasteiger partial charge on any atom is 0.239 e. The molecule has 1 fully saturated rings. The highest BCUT2D eigenvalue weighted by atomic mass is 32.2. The molecule has 0 radical (unpaired) electrons. The Bertz CT molecular complexity index is 1290. The van der Waals surface area contributed by atoms with Crippen molar-refractivity contribution in [1.29, 1.82) is 0 Å². The number of nitrogens with two attached hydrogens (primary N) is 1. The van der Waals surface area contributed by atoms with Crippen LogP contribution >= 0.6 is 0 Å². The number of aliphatic imine (C=N–C) groups is 1. The number of pyridine rings is 1. The van der Waals surface area contributed by atoms with Gasteiger partial charge in [0.15, 0.2) is 0 Å². The number of guanidine groups is 1. The minimum absolute atomic E-state index is 0.0114. The molecule has 1 unspecified atom stereocenters. The van der Waals surface area contributed by atoms with Crippen LogP contribution in [0.5, 0.6) is 0 Å². The van der Waals surface area contributed by atoms with Gasteiger partial charge in [-0.1, -0.05) is 17.9 Å². The van der Waals surface area contributed by atoms with Crippen molar-refractivity contribution in [2.24, 2.45) is 16.6 Å². The molecule has 1 aliphatic heterocycles. The molecule has 0 spiro atoms. The van der Waals surface area contributed by atoms with Gasteiger partial charge in [-0.3, -0.25) is 4.98 Å². The number of rotatable bonds is 3. The van der Waals surface area contributed by atoms with Crippen molar-refractivity contribution in [1.82, 2.24) is 9.29 Å². The highest BCUT2D eigenvalue weighted by molar-refractivity contribution is 7.89. The summed E-state index contributed by atoms with van der Waals surface area (Å²) in [6.45, 7) is 1.48. The molecule has 2 aromatic rings. The van der Waals surface area contributed by atoms with Crippen LogP contribution in [-0.2, 0) is 15.6 Å². The summed E-state index contributed by atoms with van der Waals surface area (Å²) >= 11 is 0. The van der Waals surface area contributed by atoms with Gasteiger partial charge in [0.05, 0.1) is 11.4 Å². The molecule has 0 bridgehead atoms. The maximum absolute atomic E-state index is 14.8. The van der Waals surface area contributed by atoms with E-state index in [-0.39, 0.29) is 17.2 Å². The number of benzene rings is 1. The van der Waals surface area contributed by atoms with Gasteiger partial charge in [0.25, 0.3) is 0 Å². The number of sulfonamides is 1. The maximum atomic E-state index is 14.8. The predicted molar refractivity (Wildman–Crippen MR) is 120 cm³/mol. The lowest BCUT2D eigenvalue weighted by atomic mass is 9.92. The van der Waals surface area contributed by atoms with Gasteiger partial charge in [0.2, 0.25) is 16.0 Å². The van der Waals surface area contributed by atoms with Crippen molar-refractivity contribution in [2.45, 2.75) is 25.3 Å². The molecule has 1 aliphatic carbocycles. The van der Waals surface area contributed by atoms with E-state index >= 15 is 0 Å². The molecule has 2 aliphatic rings. The largest absolute Gasteiger partial charge is 0.369 e. The Labute approximate surface area is 185 Å². The quantitative estimate of drug-likeness (QED) is 0.718. The van der Waals surface area contributed by atoms with Gasteiger partial charge >= 0.3 is 0 Å². The lowest BCUT2D eigenvalue weighted by Gasteiger charge is -2.34. The first-order valence-corrected chi connectivity index (χ1v) is 11.7. The summed E-state index contributed by atoms with van der Waals surface area (Å²) in [6.07, 6.45) is 4.96. The van der Waals surface area contributed by atoms with Crippen molar-refractivity contribution in [3.63, 3.8) is 0 Å². The van der Waals surface area contributed by atoms with E-state index < -0.39 is 33.0 Å². The standard InChI is InChI=1S/C23H22F2N4O2S/c1-23(14-32(30,31)29(2)22(26)28-23)18-11-17(7-9-19(18)24)12-20(25)21-10-8-16(13-27-21)6-5-15-3-4-15/h7-13,15H,3-4,14H2,1-2H3,(H2,26,28). The van der Waals surface area contributed by atoms with Crippen molar-refractivity contribution in [3.05, 3.63) is 64.7 Å². The van der Waals surface area contributed by atoms with Gasteiger partial charge in [-0.15, -0.1) is 0 Å². The van der Waals surface area contributed by atoms with Gasteiger partial charge in [-0.2, -0.15) is 0 Å². The molecular formula is C23H22F2N4O2S. The molecule has 1 atom stereocenters. The molecule has 0 amide bonds. The number of aromatic nitrogens is 1. The summed E-state index contributed by atoms with van der Waals surface area (Å²) in [4.78, 5) is 8.32. The van der Waals surface area contributed by atoms with Crippen LogP contribution in [0.4, 0.5) is 8.78 Å². The first-order chi connectivity index (χ1) is 15.1. The molecule has 32 heavy (non-hydrogen) atoms. The second-order valence-corrected chi connectivity index (χ2v) is 10.2. The smallest absolute Gasteiger partial charge is 0.239 e. The van der Waals surface area contributed by atoms with E-state index in [0.29, 0.717) is 17.0 Å². The zero-order valence-electron chi connectivity index (χ0n) is 17.6. The minimum atomic E-state index is -3.77. The Balaban J connectivity index is 1.64. The van der Waals surface area contributed by atoms with E-state index in [1.807, 2.05) is 0 Å². The van der Waals surface area contributed by atoms with E-state index in [9.17, 15) is 17.2 Å². The molecule has 2 heterocycles. The van der Waals surface area contributed by atoms with E-state index in [2.05, 4.69) is 21.8 Å². The van der Waals surface area contributed by atoms with E-state index in [1.54, 1.807) is 6.07 Å². The fraction of sp³-hybridized carbons (Fsp3) is 0.304. The van der Waals surface area contributed by atoms with Crippen LogP contribution in [0.15, 0.2) is 41.5 Å². The summed E-state index contributed by atoms with van der Waals surface area (Å²) < 4.78 is 55.1. The average Bonchev–Trinajstić information content (AvgIpc) is 3.56. The summed E-state index contributed by atoms with van der Waals surface area (Å²) in [5, 5.41) is 0. The molecule has 1 aromatic heterocycles. The van der Waals surface area contributed by atoms with Gasteiger partial charge in [-0.05, 0) is 55.7 Å². The van der Waals surface area contributed by atoms with E-state index in [1.165, 1.54) is 44.4 Å². The normalized spacial score (nSPS) is 22.7. The molecule has 1 saturated carbocycles. The first kappa shape index (κ1) is 22.0. The Morgan fingerprint density at radius 1 is 1.31 bits per heavy atom. The SMILES string of the molecule is CN1C(N)=NC(C)(c2cc(C=C(F)c3ccc(C#CC4CC4)cn3)ccc2F)CS1(=O)=O. The van der Waals surface area contributed by atoms with Gasteiger partial charge in [-0.25, -0.2) is 26.5 Å². The monoisotopic (exact) mass is 456 g/mol. The van der Waals surface area contributed by atoms with Crippen LogP contribution < -0.4 is 5.73 Å². The average molecular weight is 457 g/mol. The third-order valence-corrected chi connectivity index (χ3v) is 7.38. The zero-order chi connectivity index (χ0) is 23.1. The second-order valence-electron chi connectivity index (χ2n) is 8.17. The summed E-state index contributed by atoms with van der Waals surface area (Å²) in [7, 11) is -2.49. The zero-order valence-corrected chi connectivity index (χ0v) is 18.5. The summed E-state index contributed by atoms with van der Waals surface area (Å²) in [6, 6.07) is 7.16. The van der Waals surface area contributed by atoms with Crippen molar-refractivity contribution < 1.29 is 17.2 Å². The molecule has 166 valence electrons. The lowest BCUT2D eigenvalue weighted by Crippen LogP contribution is -2.50. The lowest BCUT2D eigenvalue weighted by molar-refractivity contribution is 0.458. The van der Waals surface area contributed by atoms with Gasteiger partial charge in [0.1, 0.15) is 17.2 Å². The molecule has 6 nitrogen and oxygen atoms in total. The third-order valence-electron chi connectivity index (χ3n) is 5.43. The number of hydrogen-bond donors (Lipinski definition) is 1. The van der Waals surface area contributed by atoms with Crippen LogP contribution in [0.3, 0.4) is 0 Å². The molecular weight excluding hydrogens is 434 g/mol. The highest BCUT2D eigenvalue weighted by Crippen LogP contribution is 2.34. The van der Waals surface area contributed by atoms with Crippen LogP contribution in [-0.4, -0.2) is 36.5 Å². The van der Waals surface area contributed by atoms with Crippen LogP contribution in [0.2, 0.25) is 0 Å². The van der Waals surface area contributed by atoms with Crippen molar-refractivity contribution >= 4 is 27.9 Å². The number of nitrogens with zero attached hydrogens (tertiary/aromatic N) is 3. The van der Waals surface area contributed by atoms with E-state index in [4.69, 9.17) is 5.73 Å². The van der Waals surface area contributed by atoms with Gasteiger partial charge < -0.3 is 5.73 Å². The van der Waals surface area contributed by atoms with E-state index in [0.717, 1.165) is 23.2 Å². The fourth-order valence-corrected chi connectivity index (χ4v) is 4.83. The Hall–Kier alpha value is -3.25. The molecule has 0 saturated heterocycles. The van der Waals surface area contributed by atoms with Gasteiger partial charge in [0, 0.05) is 30.3 Å². The van der Waals surface area contributed by atoms with Crippen molar-refractivity contribution in [2.75, 3.05) is 12.8 Å². The topological polar surface area (TPSA) is 88.7 Å². The second kappa shape index (κ2) is 8.02. The molecule has 9 heteroatoms. The minimum Gasteiger partial charge on any atom is -0.369 e. The Morgan fingerprint density at radius 2 is 2.06 bits per heavy atom. The molecule has 4 rings (SSSR count). The van der Waals surface area contributed by atoms with Crippen LogP contribution in [0, 0.1) is 23.6 Å². The molecule has 1 aromatic carbocycles. The van der Waals surface area contributed by atoms with Crippen LogP contribution in [0.1, 0.15) is 42.1 Å². The van der Waals surface area contributed by atoms with Crippen molar-refractivity contribution in [3.8, 4) is 11.8 Å². The Morgan fingerprint density at radius 3 is 2.69 bits per heavy atom. The number of halogens is 2. The Kier molecular flexibility index (Phi) is 5.51. The predicted octanol–water partition coefficient (Wildman–Crippen LogP) is 3.25. The highest BCUT2D eigenvalue weighted by Gasteiger charge is 2.41. The van der Waals surface area contributed by atoms with Crippen LogP contribution in [0.25, 0.3) is 11.9 Å². The first-order valence-electron chi connectivity index (χ1n) is 10.0. The third kappa shape index (κ3) is 4.50. The summed E-state index contributed by atoms with van der Waals surface area (Å²) in [5.74, 6) is 4.63. The molecule has 2 N–H and O–H groups in total.